The van der Waals surface area contributed by atoms with Crippen molar-refractivity contribution in [2.75, 3.05) is 46.7 Å². The summed E-state index contributed by atoms with van der Waals surface area (Å²) < 4.78 is 38.7. The van der Waals surface area contributed by atoms with E-state index in [1.807, 2.05) is 38.1 Å². The highest BCUT2D eigenvalue weighted by Crippen LogP contribution is 2.17. The fourth-order valence-corrected chi connectivity index (χ4v) is 8.19. The van der Waals surface area contributed by atoms with Crippen molar-refractivity contribution in [2.45, 2.75) is 264 Å². The van der Waals surface area contributed by atoms with Gasteiger partial charge in [-0.25, -0.2) is 0 Å². The minimum absolute atomic E-state index is 0.0794. The van der Waals surface area contributed by atoms with Gasteiger partial charge < -0.3 is 38.5 Å². The van der Waals surface area contributed by atoms with E-state index in [2.05, 4.69) is 19.2 Å². The van der Waals surface area contributed by atoms with Crippen LogP contribution < -0.4 is 10.1 Å². The van der Waals surface area contributed by atoms with Crippen LogP contribution in [0.3, 0.4) is 0 Å². The lowest BCUT2D eigenvalue weighted by Crippen LogP contribution is -2.38. The summed E-state index contributed by atoms with van der Waals surface area (Å²) in [4.78, 5) is 63.5. The van der Waals surface area contributed by atoms with Gasteiger partial charge in [-0.05, 0) is 49.8 Å². The Balaban J connectivity index is 2.46. The molecule has 0 spiro atoms. The van der Waals surface area contributed by atoms with E-state index in [0.717, 1.165) is 50.5 Å². The molecule has 0 aliphatic heterocycles. The molecule has 0 amide bonds. The largest absolute Gasteiger partial charge is 0.490 e. The number of nitrogens with one attached hydrogen (secondary N) is 1. The summed E-state index contributed by atoms with van der Waals surface area (Å²) in [5.41, 5.74) is 1.14. The third-order valence-electron chi connectivity index (χ3n) is 12.7. The van der Waals surface area contributed by atoms with Crippen LogP contribution in [-0.4, -0.2) is 94.8 Å². The maximum Gasteiger partial charge on any atom is 0.306 e. The number of rotatable bonds is 51. The first-order chi connectivity index (χ1) is 35.1. The van der Waals surface area contributed by atoms with Gasteiger partial charge in [-0.1, -0.05) is 194 Å². The highest BCUT2D eigenvalue weighted by atomic mass is 16.6. The zero-order chi connectivity index (χ0) is 52.5. The normalized spacial score (nSPS) is 11.7. The summed E-state index contributed by atoms with van der Waals surface area (Å²) in [7, 11) is 1.67. The topological polar surface area (TPSA) is 162 Å². The van der Waals surface area contributed by atoms with Gasteiger partial charge in [-0.2, -0.15) is 0 Å². The molecule has 1 N–H and O–H groups in total. The van der Waals surface area contributed by atoms with Gasteiger partial charge >= 0.3 is 29.8 Å². The van der Waals surface area contributed by atoms with Gasteiger partial charge in [0, 0.05) is 39.0 Å². The van der Waals surface area contributed by atoms with Crippen LogP contribution in [0, 0.1) is 0 Å². The lowest BCUT2D eigenvalue weighted by molar-refractivity contribution is -0.167. The number of carbonyl (C=O) groups is 5. The number of methoxy groups -OCH3 is 1. The maximum atomic E-state index is 12.9. The summed E-state index contributed by atoms with van der Waals surface area (Å²) in [5, 5.41) is 3.30. The van der Waals surface area contributed by atoms with Gasteiger partial charge in [0.15, 0.2) is 6.10 Å². The molecular weight excluding hydrogens is 915 g/mol. The highest BCUT2D eigenvalue weighted by Gasteiger charge is 2.21. The Morgan fingerprint density at radius 1 is 0.431 bits per heavy atom. The zero-order valence-electron chi connectivity index (χ0n) is 46.2. The van der Waals surface area contributed by atoms with Crippen LogP contribution in [0.4, 0.5) is 0 Å². The van der Waals surface area contributed by atoms with Crippen LogP contribution >= 0.6 is 0 Å². The van der Waals surface area contributed by atoms with Crippen molar-refractivity contribution in [2.24, 2.45) is 0 Å². The molecule has 0 bridgehead atoms. The molecule has 72 heavy (non-hydrogen) atoms. The predicted octanol–water partition coefficient (Wildman–Crippen LogP) is 13.6. The molecule has 1 aromatic rings. The number of benzene rings is 1. The quantitative estimate of drug-likeness (QED) is 0.0373. The number of esters is 5. The van der Waals surface area contributed by atoms with Gasteiger partial charge in [-0.3, -0.25) is 24.0 Å². The van der Waals surface area contributed by atoms with Crippen LogP contribution in [0.5, 0.6) is 5.75 Å². The van der Waals surface area contributed by atoms with Gasteiger partial charge in [0.1, 0.15) is 31.7 Å². The molecule has 0 fully saturated rings. The molecule has 0 aliphatic carbocycles. The van der Waals surface area contributed by atoms with Crippen molar-refractivity contribution in [1.82, 2.24) is 5.32 Å². The molecule has 0 aliphatic rings. The third-order valence-corrected chi connectivity index (χ3v) is 12.7. The average Bonchev–Trinajstić information content (AvgIpc) is 3.37. The van der Waals surface area contributed by atoms with Crippen molar-refractivity contribution in [3.8, 4) is 5.75 Å². The van der Waals surface area contributed by atoms with Gasteiger partial charge in [0.05, 0.1) is 26.1 Å². The van der Waals surface area contributed by atoms with Crippen molar-refractivity contribution >= 4 is 29.8 Å². The second-order valence-electron chi connectivity index (χ2n) is 20.0. The van der Waals surface area contributed by atoms with E-state index in [1.54, 1.807) is 7.11 Å². The molecule has 13 heteroatoms. The predicted molar refractivity (Wildman–Crippen MR) is 287 cm³/mol. The van der Waals surface area contributed by atoms with E-state index in [1.165, 1.54) is 128 Å². The van der Waals surface area contributed by atoms with Crippen molar-refractivity contribution in [3.05, 3.63) is 29.8 Å². The van der Waals surface area contributed by atoms with Crippen LogP contribution in [0.15, 0.2) is 24.3 Å². The summed E-state index contributed by atoms with van der Waals surface area (Å²) >= 11 is 0. The minimum Gasteiger partial charge on any atom is -0.490 e. The molecule has 416 valence electrons. The lowest BCUT2D eigenvalue weighted by Gasteiger charge is -2.20. The molecule has 1 aromatic carbocycles. The fraction of sp³-hybridized carbons (Fsp3) is 0.814. The Morgan fingerprint density at radius 3 is 1.28 bits per heavy atom. The minimum atomic E-state index is -0.996. The second kappa shape index (κ2) is 48.2. The van der Waals surface area contributed by atoms with E-state index >= 15 is 0 Å². The number of hydrogen-bond donors (Lipinski definition) is 1. The Morgan fingerprint density at radius 2 is 0.819 bits per heavy atom. The monoisotopic (exact) mass is 1020 g/mol. The number of carbonyl (C=O) groups excluding carboxylic acids is 5. The molecule has 0 radical (unpaired) electrons. The number of unbranched alkanes of at least 4 members (excludes halogenated alkanes) is 25. The molecule has 1 rings (SSSR count). The second-order valence-corrected chi connectivity index (χ2v) is 20.0. The van der Waals surface area contributed by atoms with Crippen LogP contribution in [0.25, 0.3) is 0 Å². The standard InChI is InChI=1S/C59H103NO12/c1-6-8-10-12-14-16-18-20-22-24-26-28-30-34-55(61)69-48-54(49-70-56(62)35-31-29-27-25-23-21-19-17-15-13-11-9-7-2)72-59(65)42-41-57(63)67-44-33-32-36-58(64)71-53(46-60-50(3)4)47-68-52-39-37-51(38-40-52)43-45-66-5/h37-40,50,53-54,60H,6-36,41-49H2,1-5H3. The van der Waals surface area contributed by atoms with E-state index in [4.69, 9.17) is 33.2 Å². The molecule has 1 atom stereocenters. The van der Waals surface area contributed by atoms with Crippen LogP contribution in [-0.2, 0) is 58.8 Å². The summed E-state index contributed by atoms with van der Waals surface area (Å²) in [6, 6.07) is 7.96. The summed E-state index contributed by atoms with van der Waals surface area (Å²) in [5.74, 6) is -1.73. The number of hydrogen-bond acceptors (Lipinski definition) is 13. The van der Waals surface area contributed by atoms with Gasteiger partial charge in [0.2, 0.25) is 0 Å². The molecule has 13 nitrogen and oxygen atoms in total. The first kappa shape index (κ1) is 66.3. The van der Waals surface area contributed by atoms with E-state index < -0.39 is 24.1 Å². The van der Waals surface area contributed by atoms with Gasteiger partial charge in [-0.15, -0.1) is 0 Å². The lowest BCUT2D eigenvalue weighted by atomic mass is 10.0. The number of ether oxygens (including phenoxy) is 7. The zero-order valence-corrected chi connectivity index (χ0v) is 46.2. The molecule has 1 unspecified atom stereocenters. The fourth-order valence-electron chi connectivity index (χ4n) is 8.19. The highest BCUT2D eigenvalue weighted by molar-refractivity contribution is 5.78. The van der Waals surface area contributed by atoms with E-state index in [-0.39, 0.29) is 82.5 Å². The Hall–Kier alpha value is -3.71. The van der Waals surface area contributed by atoms with Gasteiger partial charge in [0.25, 0.3) is 0 Å². The molecule has 0 saturated carbocycles. The first-order valence-electron chi connectivity index (χ1n) is 28.9. The molecule has 0 saturated heterocycles. The third kappa shape index (κ3) is 42.8. The van der Waals surface area contributed by atoms with Crippen LogP contribution in [0.2, 0.25) is 0 Å². The Labute approximate surface area is 437 Å². The van der Waals surface area contributed by atoms with Crippen molar-refractivity contribution in [1.29, 1.82) is 0 Å². The van der Waals surface area contributed by atoms with Crippen molar-refractivity contribution < 1.29 is 57.1 Å². The smallest absolute Gasteiger partial charge is 0.306 e. The van der Waals surface area contributed by atoms with Crippen molar-refractivity contribution in [3.63, 3.8) is 0 Å². The Kier molecular flexibility index (Phi) is 44.4. The summed E-state index contributed by atoms with van der Waals surface area (Å²) in [6.07, 6.45) is 31.8. The van der Waals surface area contributed by atoms with E-state index in [0.29, 0.717) is 31.7 Å². The molecule has 0 aromatic heterocycles. The Bertz CT molecular complexity index is 1420. The summed E-state index contributed by atoms with van der Waals surface area (Å²) in [6.45, 7) is 9.39. The average molecular weight is 1020 g/mol. The SMILES string of the molecule is CCCCCCCCCCCCCCCC(=O)OCC(COC(=O)CCCCCCCCCCCCCCC)OC(=O)CCC(=O)OCCCCC(=O)OC(CNC(C)C)COc1ccc(CCOC)cc1. The maximum absolute atomic E-state index is 12.9. The first-order valence-corrected chi connectivity index (χ1v) is 28.9. The molecule has 0 heterocycles. The molecular formula is C59H103NO12. The van der Waals surface area contributed by atoms with E-state index in [9.17, 15) is 24.0 Å². The van der Waals surface area contributed by atoms with Crippen LogP contribution in [0.1, 0.15) is 245 Å².